The Hall–Kier alpha value is -2.56. The van der Waals surface area contributed by atoms with Crippen LogP contribution in [0.3, 0.4) is 0 Å². The van der Waals surface area contributed by atoms with Crippen LogP contribution in [0.25, 0.3) is 10.9 Å². The summed E-state index contributed by atoms with van der Waals surface area (Å²) in [7, 11) is 0. The van der Waals surface area contributed by atoms with Gasteiger partial charge < -0.3 is 5.32 Å². The first-order valence-corrected chi connectivity index (χ1v) is 6.80. The maximum Gasteiger partial charge on any atom is 0.213 e. The van der Waals surface area contributed by atoms with E-state index in [1.165, 1.54) is 6.07 Å². The molecular weight excluding hydrogens is 267 g/mol. The molecule has 0 atom stereocenters. The molecule has 3 aromatic rings. The van der Waals surface area contributed by atoms with Gasteiger partial charge >= 0.3 is 0 Å². The number of anilines is 2. The van der Waals surface area contributed by atoms with Gasteiger partial charge in [0.1, 0.15) is 5.82 Å². The van der Waals surface area contributed by atoms with Crippen LogP contribution in [0.1, 0.15) is 18.2 Å². The van der Waals surface area contributed by atoms with Gasteiger partial charge in [-0.25, -0.2) is 9.97 Å². The molecule has 0 fully saturated rings. The molecule has 2 heterocycles. The molecular formula is C16H15FN4. The molecule has 0 spiro atoms. The second-order valence-corrected chi connectivity index (χ2v) is 4.86. The predicted molar refractivity (Wildman–Crippen MR) is 81.1 cm³/mol. The summed E-state index contributed by atoms with van der Waals surface area (Å²) < 4.78 is 13.5. The van der Waals surface area contributed by atoms with E-state index in [0.717, 1.165) is 28.8 Å². The standard InChI is InChI=1S/C16H15FN4/c1-3-11-6-15(17)21-14-7-12(4-5-13(11)14)20-16-9-18-8-10(2)19-16/h4-9H,3H2,1-2H3,(H,19,20). The maximum atomic E-state index is 13.5. The van der Waals surface area contributed by atoms with Gasteiger partial charge in [0.2, 0.25) is 5.95 Å². The second-order valence-electron chi connectivity index (χ2n) is 4.86. The van der Waals surface area contributed by atoms with Gasteiger partial charge in [-0.1, -0.05) is 13.0 Å². The summed E-state index contributed by atoms with van der Waals surface area (Å²) >= 11 is 0. The zero-order valence-corrected chi connectivity index (χ0v) is 11.9. The number of benzene rings is 1. The Kier molecular flexibility index (Phi) is 3.48. The smallest absolute Gasteiger partial charge is 0.213 e. The van der Waals surface area contributed by atoms with Crippen molar-refractivity contribution in [2.45, 2.75) is 20.3 Å². The van der Waals surface area contributed by atoms with Crippen LogP contribution in [0.15, 0.2) is 36.7 Å². The van der Waals surface area contributed by atoms with Crippen LogP contribution < -0.4 is 5.32 Å². The van der Waals surface area contributed by atoms with Gasteiger partial charge in [-0.2, -0.15) is 4.39 Å². The largest absolute Gasteiger partial charge is 0.339 e. The van der Waals surface area contributed by atoms with E-state index in [2.05, 4.69) is 20.3 Å². The van der Waals surface area contributed by atoms with Crippen LogP contribution in [0.5, 0.6) is 0 Å². The number of hydrogen-bond acceptors (Lipinski definition) is 4. The molecule has 0 unspecified atom stereocenters. The van der Waals surface area contributed by atoms with Crippen LogP contribution in [0, 0.1) is 12.9 Å². The number of halogens is 1. The highest BCUT2D eigenvalue weighted by atomic mass is 19.1. The fourth-order valence-electron chi connectivity index (χ4n) is 2.31. The van der Waals surface area contributed by atoms with E-state index in [1.807, 2.05) is 32.0 Å². The van der Waals surface area contributed by atoms with Gasteiger partial charge in [0.15, 0.2) is 0 Å². The molecule has 5 heteroatoms. The molecule has 0 saturated heterocycles. The summed E-state index contributed by atoms with van der Waals surface area (Å²) in [6.45, 7) is 3.88. The predicted octanol–water partition coefficient (Wildman–Crippen LogP) is 3.78. The molecule has 0 aliphatic heterocycles. The first-order chi connectivity index (χ1) is 10.2. The van der Waals surface area contributed by atoms with Crippen molar-refractivity contribution in [3.63, 3.8) is 0 Å². The van der Waals surface area contributed by atoms with Crippen molar-refractivity contribution in [2.75, 3.05) is 5.32 Å². The summed E-state index contributed by atoms with van der Waals surface area (Å²) in [5.41, 5.74) is 3.23. The first kappa shape index (κ1) is 13.4. The lowest BCUT2D eigenvalue weighted by molar-refractivity contribution is 0.587. The third-order valence-corrected chi connectivity index (χ3v) is 3.27. The number of aromatic nitrogens is 3. The molecule has 0 radical (unpaired) electrons. The number of nitrogens with one attached hydrogen (secondary N) is 1. The molecule has 2 aromatic heterocycles. The fourth-order valence-corrected chi connectivity index (χ4v) is 2.31. The van der Waals surface area contributed by atoms with Crippen molar-refractivity contribution in [3.8, 4) is 0 Å². The van der Waals surface area contributed by atoms with Gasteiger partial charge in [-0.15, -0.1) is 0 Å². The highest BCUT2D eigenvalue weighted by Crippen LogP contribution is 2.23. The lowest BCUT2D eigenvalue weighted by Gasteiger charge is -2.09. The lowest BCUT2D eigenvalue weighted by Crippen LogP contribution is -1.97. The topological polar surface area (TPSA) is 50.7 Å². The molecule has 0 aliphatic rings. The maximum absolute atomic E-state index is 13.5. The molecule has 3 rings (SSSR count). The van der Waals surface area contributed by atoms with Crippen molar-refractivity contribution in [1.29, 1.82) is 0 Å². The zero-order valence-electron chi connectivity index (χ0n) is 11.9. The average Bonchev–Trinajstić information content (AvgIpc) is 2.46. The summed E-state index contributed by atoms with van der Waals surface area (Å²) in [4.78, 5) is 12.4. The number of aryl methyl sites for hydroxylation is 2. The number of rotatable bonds is 3. The minimum atomic E-state index is -0.452. The molecule has 0 aliphatic carbocycles. The van der Waals surface area contributed by atoms with Crippen molar-refractivity contribution in [2.24, 2.45) is 0 Å². The molecule has 1 aromatic carbocycles. The van der Waals surface area contributed by atoms with Gasteiger partial charge in [0.25, 0.3) is 0 Å². The van der Waals surface area contributed by atoms with Crippen molar-refractivity contribution in [1.82, 2.24) is 15.0 Å². The molecule has 21 heavy (non-hydrogen) atoms. The van der Waals surface area contributed by atoms with E-state index >= 15 is 0 Å². The van der Waals surface area contributed by atoms with E-state index < -0.39 is 5.95 Å². The van der Waals surface area contributed by atoms with Gasteiger partial charge in [0, 0.05) is 17.3 Å². The molecule has 0 bridgehead atoms. The SMILES string of the molecule is CCc1cc(F)nc2cc(Nc3cncc(C)n3)ccc12. The Bertz CT molecular complexity index is 801. The Morgan fingerprint density at radius 1 is 1.14 bits per heavy atom. The molecule has 0 amide bonds. The highest BCUT2D eigenvalue weighted by molar-refractivity contribution is 5.85. The van der Waals surface area contributed by atoms with Crippen LogP contribution in [0.2, 0.25) is 0 Å². The van der Waals surface area contributed by atoms with Gasteiger partial charge in [-0.05, 0) is 37.1 Å². The van der Waals surface area contributed by atoms with E-state index in [1.54, 1.807) is 12.4 Å². The van der Waals surface area contributed by atoms with E-state index in [9.17, 15) is 4.39 Å². The van der Waals surface area contributed by atoms with E-state index in [4.69, 9.17) is 0 Å². The number of hydrogen-bond donors (Lipinski definition) is 1. The van der Waals surface area contributed by atoms with Crippen molar-refractivity contribution in [3.05, 3.63) is 53.9 Å². The Morgan fingerprint density at radius 2 is 2.00 bits per heavy atom. The van der Waals surface area contributed by atoms with Crippen LogP contribution in [-0.2, 0) is 6.42 Å². The molecule has 4 nitrogen and oxygen atoms in total. The lowest BCUT2D eigenvalue weighted by atomic mass is 10.1. The van der Waals surface area contributed by atoms with Crippen LogP contribution in [0.4, 0.5) is 15.9 Å². The number of pyridine rings is 1. The minimum absolute atomic E-state index is 0.452. The summed E-state index contributed by atoms with van der Waals surface area (Å²) in [5, 5.41) is 4.13. The molecule has 0 saturated carbocycles. The second kappa shape index (κ2) is 5.44. The normalized spacial score (nSPS) is 10.8. The van der Waals surface area contributed by atoms with Gasteiger partial charge in [0.05, 0.1) is 17.4 Å². The van der Waals surface area contributed by atoms with Crippen LogP contribution >= 0.6 is 0 Å². The third kappa shape index (κ3) is 2.81. The Balaban J connectivity index is 2.01. The van der Waals surface area contributed by atoms with E-state index in [0.29, 0.717) is 11.3 Å². The van der Waals surface area contributed by atoms with E-state index in [-0.39, 0.29) is 0 Å². The third-order valence-electron chi connectivity index (χ3n) is 3.27. The van der Waals surface area contributed by atoms with Crippen molar-refractivity contribution >= 4 is 22.4 Å². The van der Waals surface area contributed by atoms with Crippen molar-refractivity contribution < 1.29 is 4.39 Å². The summed E-state index contributed by atoms with van der Waals surface area (Å²) in [6, 6.07) is 7.19. The number of fused-ring (bicyclic) bond motifs is 1. The summed E-state index contributed by atoms with van der Waals surface area (Å²) in [5.74, 6) is 0.202. The number of nitrogens with zero attached hydrogens (tertiary/aromatic N) is 3. The van der Waals surface area contributed by atoms with Gasteiger partial charge in [-0.3, -0.25) is 4.98 Å². The quantitative estimate of drug-likeness (QED) is 0.743. The minimum Gasteiger partial charge on any atom is -0.339 e. The Morgan fingerprint density at radius 3 is 2.76 bits per heavy atom. The monoisotopic (exact) mass is 282 g/mol. The summed E-state index contributed by atoms with van der Waals surface area (Å²) in [6.07, 6.45) is 4.11. The molecule has 1 N–H and O–H groups in total. The Labute approximate surface area is 122 Å². The zero-order chi connectivity index (χ0) is 14.8. The first-order valence-electron chi connectivity index (χ1n) is 6.80. The highest BCUT2D eigenvalue weighted by Gasteiger charge is 2.06. The fraction of sp³-hybridized carbons (Fsp3) is 0.188. The molecule has 106 valence electrons. The average molecular weight is 282 g/mol. The van der Waals surface area contributed by atoms with Crippen LogP contribution in [-0.4, -0.2) is 15.0 Å².